The Labute approximate surface area is 163 Å². The lowest BCUT2D eigenvalue weighted by atomic mass is 10.2. The second kappa shape index (κ2) is 8.58. The molecule has 1 aliphatic rings. The van der Waals surface area contributed by atoms with Gasteiger partial charge in [0, 0.05) is 44.5 Å². The summed E-state index contributed by atoms with van der Waals surface area (Å²) in [5.74, 6) is 0.622. The van der Waals surface area contributed by atoms with Crippen LogP contribution in [0.15, 0.2) is 67.4 Å². The number of aromatic nitrogens is 4. The summed E-state index contributed by atoms with van der Waals surface area (Å²) >= 11 is 0. The molecule has 7 heteroatoms. The van der Waals surface area contributed by atoms with Crippen LogP contribution < -0.4 is 0 Å². The summed E-state index contributed by atoms with van der Waals surface area (Å²) in [6.45, 7) is 4.07. The predicted octanol–water partition coefficient (Wildman–Crippen LogP) is 2.13. The van der Waals surface area contributed by atoms with Crippen LogP contribution in [-0.4, -0.2) is 68.2 Å². The third kappa shape index (κ3) is 4.32. The zero-order valence-corrected chi connectivity index (χ0v) is 15.6. The molecule has 0 saturated carbocycles. The monoisotopic (exact) mass is 374 g/mol. The number of carbonyl (C=O) groups is 1. The Morgan fingerprint density at radius 3 is 2.64 bits per heavy atom. The Kier molecular flexibility index (Phi) is 5.53. The fourth-order valence-corrected chi connectivity index (χ4v) is 3.22. The summed E-state index contributed by atoms with van der Waals surface area (Å²) in [4.78, 5) is 25.3. The maximum Gasteiger partial charge on any atom is 0.254 e. The minimum absolute atomic E-state index is 0.0308. The fourth-order valence-electron chi connectivity index (χ4n) is 3.22. The van der Waals surface area contributed by atoms with Gasteiger partial charge in [0.05, 0.1) is 0 Å². The van der Waals surface area contributed by atoms with E-state index in [0.29, 0.717) is 11.4 Å². The van der Waals surface area contributed by atoms with E-state index >= 15 is 0 Å². The van der Waals surface area contributed by atoms with Crippen molar-refractivity contribution in [2.24, 2.45) is 0 Å². The molecule has 1 aliphatic heterocycles. The van der Waals surface area contributed by atoms with Gasteiger partial charge >= 0.3 is 0 Å². The lowest BCUT2D eigenvalue weighted by Gasteiger charge is -2.34. The van der Waals surface area contributed by atoms with Crippen LogP contribution >= 0.6 is 0 Å². The second-order valence-electron chi connectivity index (χ2n) is 6.65. The first-order chi connectivity index (χ1) is 13.8. The summed E-state index contributed by atoms with van der Waals surface area (Å²) in [7, 11) is 0. The van der Waals surface area contributed by atoms with Crippen molar-refractivity contribution in [3.05, 3.63) is 78.5 Å². The molecule has 3 heterocycles. The van der Waals surface area contributed by atoms with Gasteiger partial charge in [-0.2, -0.15) is 5.10 Å². The number of hydrogen-bond acceptors (Lipinski definition) is 5. The third-order valence-electron chi connectivity index (χ3n) is 4.78. The summed E-state index contributed by atoms with van der Waals surface area (Å²) in [6.07, 6.45) is 8.97. The van der Waals surface area contributed by atoms with E-state index in [4.69, 9.17) is 0 Å². The molecule has 0 bridgehead atoms. The van der Waals surface area contributed by atoms with Gasteiger partial charge < -0.3 is 4.90 Å². The van der Waals surface area contributed by atoms with Gasteiger partial charge in [-0.05, 0) is 17.7 Å². The molecule has 1 amide bonds. The van der Waals surface area contributed by atoms with Crippen LogP contribution in [0.5, 0.6) is 0 Å². The topological polar surface area (TPSA) is 67.2 Å². The van der Waals surface area contributed by atoms with Crippen molar-refractivity contribution in [1.82, 2.24) is 29.5 Å². The summed E-state index contributed by atoms with van der Waals surface area (Å²) in [5.41, 5.74) is 1.83. The predicted molar refractivity (Wildman–Crippen MR) is 107 cm³/mol. The molecule has 2 aromatic heterocycles. The average molecular weight is 374 g/mol. The van der Waals surface area contributed by atoms with Crippen molar-refractivity contribution in [3.8, 4) is 5.82 Å². The van der Waals surface area contributed by atoms with Gasteiger partial charge in [-0.25, -0.2) is 14.6 Å². The number of carbonyl (C=O) groups excluding carboxylic acids is 1. The average Bonchev–Trinajstić information content (AvgIpc) is 3.30. The minimum atomic E-state index is 0.0308. The zero-order chi connectivity index (χ0) is 19.2. The molecule has 1 aromatic carbocycles. The lowest BCUT2D eigenvalue weighted by molar-refractivity contribution is 0.0650. The highest BCUT2D eigenvalue weighted by atomic mass is 16.2. The second-order valence-corrected chi connectivity index (χ2v) is 6.65. The van der Waals surface area contributed by atoms with Gasteiger partial charge in [-0.15, -0.1) is 0 Å². The first kappa shape index (κ1) is 18.1. The van der Waals surface area contributed by atoms with E-state index < -0.39 is 0 Å². The number of hydrogen-bond donors (Lipinski definition) is 0. The van der Waals surface area contributed by atoms with Gasteiger partial charge in [-0.1, -0.05) is 42.5 Å². The third-order valence-corrected chi connectivity index (χ3v) is 4.78. The normalized spacial score (nSPS) is 15.2. The number of amides is 1. The molecule has 4 rings (SSSR count). The van der Waals surface area contributed by atoms with E-state index in [1.165, 1.54) is 11.9 Å². The molecule has 3 aromatic rings. The van der Waals surface area contributed by atoms with Crippen LogP contribution in [0.3, 0.4) is 0 Å². The van der Waals surface area contributed by atoms with Gasteiger partial charge in [0.25, 0.3) is 5.91 Å². The molecule has 1 saturated heterocycles. The van der Waals surface area contributed by atoms with Gasteiger partial charge in [0.15, 0.2) is 5.82 Å². The quantitative estimate of drug-likeness (QED) is 0.684. The standard InChI is InChI=1S/C21H22N6O/c28-21(19-8-9-23-20(15-19)27-17-22-16-24-27)26-13-11-25(12-14-26)10-4-7-18-5-2-1-3-6-18/h1-9,15-17H,10-14H2. The number of benzene rings is 1. The number of pyridine rings is 1. The van der Waals surface area contributed by atoms with Crippen LogP contribution in [0.25, 0.3) is 11.9 Å². The van der Waals surface area contributed by atoms with Crippen LogP contribution in [0.2, 0.25) is 0 Å². The first-order valence-corrected chi connectivity index (χ1v) is 9.34. The van der Waals surface area contributed by atoms with E-state index in [9.17, 15) is 4.79 Å². The highest BCUT2D eigenvalue weighted by Gasteiger charge is 2.22. The molecule has 0 aliphatic carbocycles. The number of nitrogens with zero attached hydrogens (tertiary/aromatic N) is 6. The van der Waals surface area contributed by atoms with E-state index in [-0.39, 0.29) is 5.91 Å². The van der Waals surface area contributed by atoms with Crippen molar-refractivity contribution < 1.29 is 4.79 Å². The Balaban J connectivity index is 1.32. The van der Waals surface area contributed by atoms with Crippen molar-refractivity contribution in [3.63, 3.8) is 0 Å². The molecule has 0 radical (unpaired) electrons. The van der Waals surface area contributed by atoms with Crippen molar-refractivity contribution in [1.29, 1.82) is 0 Å². The van der Waals surface area contributed by atoms with Crippen LogP contribution in [0, 0.1) is 0 Å². The Hall–Kier alpha value is -3.32. The largest absolute Gasteiger partial charge is 0.336 e. The Morgan fingerprint density at radius 1 is 1.07 bits per heavy atom. The number of piperazine rings is 1. The maximum absolute atomic E-state index is 12.8. The van der Waals surface area contributed by atoms with Gasteiger partial charge in [0.1, 0.15) is 12.7 Å². The summed E-state index contributed by atoms with van der Waals surface area (Å²) in [5, 5.41) is 4.06. The highest BCUT2D eigenvalue weighted by molar-refractivity contribution is 5.94. The summed E-state index contributed by atoms with van der Waals surface area (Å²) < 4.78 is 1.55. The molecule has 0 spiro atoms. The molecular formula is C21H22N6O. The van der Waals surface area contributed by atoms with Crippen LogP contribution in [0.1, 0.15) is 15.9 Å². The Bertz CT molecular complexity index is 931. The molecule has 1 fully saturated rings. The smallest absolute Gasteiger partial charge is 0.254 e. The summed E-state index contributed by atoms with van der Waals surface area (Å²) in [6, 6.07) is 13.8. The van der Waals surface area contributed by atoms with Crippen molar-refractivity contribution in [2.75, 3.05) is 32.7 Å². The van der Waals surface area contributed by atoms with E-state index in [2.05, 4.69) is 44.3 Å². The zero-order valence-electron chi connectivity index (χ0n) is 15.6. The molecule has 28 heavy (non-hydrogen) atoms. The van der Waals surface area contributed by atoms with E-state index in [1.54, 1.807) is 29.3 Å². The van der Waals surface area contributed by atoms with Crippen LogP contribution in [0.4, 0.5) is 0 Å². The minimum Gasteiger partial charge on any atom is -0.336 e. The van der Waals surface area contributed by atoms with Crippen LogP contribution in [-0.2, 0) is 0 Å². The molecular weight excluding hydrogens is 352 g/mol. The Morgan fingerprint density at radius 2 is 1.89 bits per heavy atom. The van der Waals surface area contributed by atoms with Gasteiger partial charge in [-0.3, -0.25) is 9.69 Å². The lowest BCUT2D eigenvalue weighted by Crippen LogP contribution is -2.48. The van der Waals surface area contributed by atoms with Crippen molar-refractivity contribution in [2.45, 2.75) is 0 Å². The first-order valence-electron chi connectivity index (χ1n) is 9.34. The molecule has 0 unspecified atom stereocenters. The van der Waals surface area contributed by atoms with E-state index in [1.807, 2.05) is 23.1 Å². The molecule has 7 nitrogen and oxygen atoms in total. The maximum atomic E-state index is 12.8. The molecule has 142 valence electrons. The van der Waals surface area contributed by atoms with Crippen molar-refractivity contribution >= 4 is 12.0 Å². The molecule has 0 N–H and O–H groups in total. The van der Waals surface area contributed by atoms with E-state index in [0.717, 1.165) is 32.7 Å². The highest BCUT2D eigenvalue weighted by Crippen LogP contribution is 2.12. The molecule has 0 atom stereocenters. The fraction of sp³-hybridized carbons (Fsp3) is 0.238. The van der Waals surface area contributed by atoms with Gasteiger partial charge in [0.2, 0.25) is 0 Å². The SMILES string of the molecule is O=C(c1ccnc(-n2cncn2)c1)N1CCN(CC=Cc2ccccc2)CC1. The number of rotatable bonds is 5.